The van der Waals surface area contributed by atoms with Crippen molar-refractivity contribution in [3.63, 3.8) is 0 Å². The van der Waals surface area contributed by atoms with E-state index in [-0.39, 0.29) is 12.4 Å². The van der Waals surface area contributed by atoms with Gasteiger partial charge in [-0.3, -0.25) is 4.79 Å². The zero-order valence-corrected chi connectivity index (χ0v) is 13.2. The minimum atomic E-state index is -0.562. The number of rotatable bonds is 6. The van der Waals surface area contributed by atoms with Crippen LogP contribution in [0.3, 0.4) is 0 Å². The lowest BCUT2D eigenvalue weighted by molar-refractivity contribution is -0.136. The highest BCUT2D eigenvalue weighted by Crippen LogP contribution is 2.19. The number of aryl methyl sites for hydroxylation is 1. The van der Waals surface area contributed by atoms with E-state index in [0.717, 1.165) is 10.4 Å². The van der Waals surface area contributed by atoms with Crippen molar-refractivity contribution in [2.75, 3.05) is 13.7 Å². The van der Waals surface area contributed by atoms with Crippen LogP contribution in [-0.4, -0.2) is 25.5 Å². The average Bonchev–Trinajstić information content (AvgIpc) is 2.97. The molecule has 0 aliphatic carbocycles. The largest absolute Gasteiger partial charge is 0.496 e. The minimum absolute atomic E-state index is 0.197. The lowest BCUT2D eigenvalue weighted by Gasteiger charge is -2.03. The molecule has 0 spiro atoms. The molecule has 2 rings (SSSR count). The first-order valence-corrected chi connectivity index (χ1v) is 7.49. The Labute approximate surface area is 133 Å². The van der Waals surface area contributed by atoms with E-state index in [9.17, 15) is 9.59 Å². The van der Waals surface area contributed by atoms with Gasteiger partial charge < -0.3 is 9.47 Å². The molecule has 1 aromatic carbocycles. The van der Waals surface area contributed by atoms with E-state index >= 15 is 0 Å². The van der Waals surface area contributed by atoms with Crippen LogP contribution in [0.25, 0.3) is 6.08 Å². The highest BCUT2D eigenvalue weighted by atomic mass is 32.1. The summed E-state index contributed by atoms with van der Waals surface area (Å²) in [5, 5.41) is 0. The standard InChI is InChI=1S/C17H16O4S/c1-12-7-9-16(22-12)14(18)11-21-17(19)10-8-13-5-3-4-6-15(13)20-2/h3-10H,11H2,1-2H3/b10-8+. The highest BCUT2D eigenvalue weighted by Gasteiger charge is 2.10. The molecule has 114 valence electrons. The first-order chi connectivity index (χ1) is 10.6. The van der Waals surface area contributed by atoms with E-state index < -0.39 is 5.97 Å². The van der Waals surface area contributed by atoms with Gasteiger partial charge in [-0.05, 0) is 31.2 Å². The fourth-order valence-corrected chi connectivity index (χ4v) is 2.59. The van der Waals surface area contributed by atoms with Gasteiger partial charge in [0.25, 0.3) is 0 Å². The fourth-order valence-electron chi connectivity index (χ4n) is 1.80. The van der Waals surface area contributed by atoms with Crippen LogP contribution in [0, 0.1) is 6.92 Å². The van der Waals surface area contributed by atoms with Gasteiger partial charge in [-0.2, -0.15) is 0 Å². The van der Waals surface area contributed by atoms with Crippen molar-refractivity contribution in [1.29, 1.82) is 0 Å². The first kappa shape index (κ1) is 16.0. The normalized spacial score (nSPS) is 10.6. The second-order valence-corrected chi connectivity index (χ2v) is 5.80. The Morgan fingerprint density at radius 3 is 2.64 bits per heavy atom. The summed E-state index contributed by atoms with van der Waals surface area (Å²) in [5.41, 5.74) is 0.766. The predicted octanol–water partition coefficient (Wildman–Crippen LogP) is 3.50. The van der Waals surface area contributed by atoms with Crippen molar-refractivity contribution in [3.8, 4) is 5.75 Å². The van der Waals surface area contributed by atoms with E-state index in [0.29, 0.717) is 10.6 Å². The Morgan fingerprint density at radius 2 is 1.95 bits per heavy atom. The number of thiophene rings is 1. The van der Waals surface area contributed by atoms with Crippen LogP contribution in [0.5, 0.6) is 5.75 Å². The molecule has 0 aliphatic heterocycles. The van der Waals surface area contributed by atoms with Crippen molar-refractivity contribution in [3.05, 3.63) is 57.8 Å². The third-order valence-electron chi connectivity index (χ3n) is 2.90. The molecule has 2 aromatic rings. The number of esters is 1. The van der Waals surface area contributed by atoms with Gasteiger partial charge in [0, 0.05) is 16.5 Å². The van der Waals surface area contributed by atoms with Crippen LogP contribution in [0.2, 0.25) is 0 Å². The molecule has 0 saturated heterocycles. The number of hydrogen-bond acceptors (Lipinski definition) is 5. The number of benzene rings is 1. The van der Waals surface area contributed by atoms with Crippen molar-refractivity contribution >= 4 is 29.2 Å². The molecule has 0 amide bonds. The Hall–Kier alpha value is -2.40. The Bertz CT molecular complexity index is 700. The number of ketones is 1. The van der Waals surface area contributed by atoms with Crippen LogP contribution in [-0.2, 0) is 9.53 Å². The second-order valence-electron chi connectivity index (χ2n) is 4.52. The summed E-state index contributed by atoms with van der Waals surface area (Å²) in [6.07, 6.45) is 2.88. The summed E-state index contributed by atoms with van der Waals surface area (Å²) in [6.45, 7) is 1.67. The van der Waals surface area contributed by atoms with Crippen LogP contribution >= 0.6 is 11.3 Å². The monoisotopic (exact) mass is 316 g/mol. The van der Waals surface area contributed by atoms with E-state index in [1.54, 1.807) is 25.3 Å². The molecule has 0 unspecified atom stereocenters. The molecule has 1 aromatic heterocycles. The van der Waals surface area contributed by atoms with Gasteiger partial charge in [0.1, 0.15) is 5.75 Å². The number of hydrogen-bond donors (Lipinski definition) is 0. The number of ether oxygens (including phenoxy) is 2. The third-order valence-corrected chi connectivity index (χ3v) is 3.94. The number of carbonyl (C=O) groups is 2. The topological polar surface area (TPSA) is 52.6 Å². The highest BCUT2D eigenvalue weighted by molar-refractivity contribution is 7.14. The lowest BCUT2D eigenvalue weighted by Crippen LogP contribution is -2.11. The number of para-hydroxylation sites is 1. The van der Waals surface area contributed by atoms with Gasteiger partial charge in [0.05, 0.1) is 12.0 Å². The van der Waals surface area contributed by atoms with E-state index in [1.165, 1.54) is 17.4 Å². The summed E-state index contributed by atoms with van der Waals surface area (Å²) in [5.74, 6) is -0.0960. The SMILES string of the molecule is COc1ccccc1/C=C/C(=O)OCC(=O)c1ccc(C)s1. The smallest absolute Gasteiger partial charge is 0.331 e. The Kier molecular flexibility index (Phi) is 5.49. The molecular weight excluding hydrogens is 300 g/mol. The molecule has 0 N–H and O–H groups in total. The third kappa shape index (κ3) is 4.30. The molecule has 0 aliphatic rings. The Balaban J connectivity index is 1.90. The maximum absolute atomic E-state index is 11.8. The molecule has 0 fully saturated rings. The fraction of sp³-hybridized carbons (Fsp3) is 0.176. The molecule has 22 heavy (non-hydrogen) atoms. The van der Waals surface area contributed by atoms with Crippen LogP contribution in [0.1, 0.15) is 20.1 Å². The van der Waals surface area contributed by atoms with Crippen molar-refractivity contribution in [2.45, 2.75) is 6.92 Å². The molecular formula is C17H16O4S. The van der Waals surface area contributed by atoms with Gasteiger partial charge in [-0.15, -0.1) is 11.3 Å². The van der Waals surface area contributed by atoms with Crippen molar-refractivity contribution in [1.82, 2.24) is 0 Å². The van der Waals surface area contributed by atoms with Gasteiger partial charge in [-0.1, -0.05) is 18.2 Å². The second kappa shape index (κ2) is 7.56. The molecule has 0 atom stereocenters. The number of Topliss-reactive ketones (excluding diaryl/α,β-unsaturated/α-hetero) is 1. The summed E-state index contributed by atoms with van der Waals surface area (Å²) >= 11 is 1.39. The maximum Gasteiger partial charge on any atom is 0.331 e. The minimum Gasteiger partial charge on any atom is -0.496 e. The van der Waals surface area contributed by atoms with Crippen LogP contribution in [0.15, 0.2) is 42.5 Å². The van der Waals surface area contributed by atoms with Gasteiger partial charge in [0.2, 0.25) is 5.78 Å². The van der Waals surface area contributed by atoms with Crippen molar-refractivity contribution < 1.29 is 19.1 Å². The summed E-state index contributed by atoms with van der Waals surface area (Å²) in [6, 6.07) is 10.9. The van der Waals surface area contributed by atoms with Crippen LogP contribution in [0.4, 0.5) is 0 Å². The van der Waals surface area contributed by atoms with E-state index in [1.807, 2.05) is 31.2 Å². The molecule has 4 nitrogen and oxygen atoms in total. The Morgan fingerprint density at radius 1 is 1.18 bits per heavy atom. The van der Waals surface area contributed by atoms with Gasteiger partial charge in [-0.25, -0.2) is 4.79 Å². The maximum atomic E-state index is 11.8. The average molecular weight is 316 g/mol. The quantitative estimate of drug-likeness (QED) is 0.465. The van der Waals surface area contributed by atoms with Gasteiger partial charge in [0.15, 0.2) is 6.61 Å². The number of carbonyl (C=O) groups excluding carboxylic acids is 2. The molecule has 5 heteroatoms. The zero-order chi connectivity index (χ0) is 15.9. The first-order valence-electron chi connectivity index (χ1n) is 6.67. The molecule has 0 bridgehead atoms. The van der Waals surface area contributed by atoms with Crippen LogP contribution < -0.4 is 4.74 Å². The summed E-state index contributed by atoms with van der Waals surface area (Å²) in [4.78, 5) is 25.1. The zero-order valence-electron chi connectivity index (χ0n) is 12.4. The predicted molar refractivity (Wildman–Crippen MR) is 86.4 cm³/mol. The van der Waals surface area contributed by atoms with Gasteiger partial charge >= 0.3 is 5.97 Å². The molecule has 0 saturated carbocycles. The van der Waals surface area contributed by atoms with E-state index in [4.69, 9.17) is 9.47 Å². The lowest BCUT2D eigenvalue weighted by atomic mass is 10.2. The molecule has 1 heterocycles. The number of methoxy groups -OCH3 is 1. The molecule has 0 radical (unpaired) electrons. The van der Waals surface area contributed by atoms with Crippen molar-refractivity contribution in [2.24, 2.45) is 0 Å². The summed E-state index contributed by atoms with van der Waals surface area (Å²) in [7, 11) is 1.56. The van der Waals surface area contributed by atoms with E-state index in [2.05, 4.69) is 0 Å². The summed E-state index contributed by atoms with van der Waals surface area (Å²) < 4.78 is 10.1.